The van der Waals surface area contributed by atoms with Gasteiger partial charge in [0.15, 0.2) is 5.13 Å². The molecule has 0 aliphatic carbocycles. The minimum absolute atomic E-state index is 0.0279. The van der Waals surface area contributed by atoms with Crippen molar-refractivity contribution >= 4 is 44.0 Å². The van der Waals surface area contributed by atoms with Gasteiger partial charge in [0.1, 0.15) is 0 Å². The maximum absolute atomic E-state index is 12.6. The van der Waals surface area contributed by atoms with Crippen LogP contribution in [0.5, 0.6) is 0 Å². The minimum Gasteiger partial charge on any atom is -0.298 e. The molecule has 0 spiro atoms. The van der Waals surface area contributed by atoms with Gasteiger partial charge in [-0.05, 0) is 32.0 Å². The highest BCUT2D eigenvalue weighted by Gasteiger charge is 2.20. The topological polar surface area (TPSA) is 88.2 Å². The Bertz CT molecular complexity index is 1100. The van der Waals surface area contributed by atoms with Crippen LogP contribution in [-0.4, -0.2) is 25.4 Å². The molecule has 0 radical (unpaired) electrons. The van der Waals surface area contributed by atoms with Crippen molar-refractivity contribution in [3.8, 4) is 11.3 Å². The van der Waals surface area contributed by atoms with Crippen LogP contribution in [0.25, 0.3) is 11.3 Å². The Hall–Kier alpha value is -2.26. The lowest BCUT2D eigenvalue weighted by Gasteiger charge is -2.11. The molecule has 146 valence electrons. The molecule has 0 aliphatic heterocycles. The molecule has 2 N–H and O–H groups in total. The lowest BCUT2D eigenvalue weighted by atomic mass is 10.2. The molecule has 0 atom stereocenters. The van der Waals surface area contributed by atoms with Crippen molar-refractivity contribution in [3.63, 3.8) is 0 Å². The molecule has 0 bridgehead atoms. The molecule has 2 aromatic carbocycles. The summed E-state index contributed by atoms with van der Waals surface area (Å²) in [6.45, 7) is 3.43. The number of anilines is 1. The monoisotopic (exact) mass is 435 g/mol. The van der Waals surface area contributed by atoms with Crippen LogP contribution < -0.4 is 10.0 Å². The lowest BCUT2D eigenvalue weighted by molar-refractivity contribution is 0.102. The highest BCUT2D eigenvalue weighted by molar-refractivity contribution is 7.89. The van der Waals surface area contributed by atoms with Gasteiger partial charge in [0.25, 0.3) is 5.91 Å². The first-order chi connectivity index (χ1) is 13.3. The summed E-state index contributed by atoms with van der Waals surface area (Å²) in [5.41, 5.74) is 1.74. The average molecular weight is 436 g/mol. The van der Waals surface area contributed by atoms with E-state index in [9.17, 15) is 13.2 Å². The molecule has 0 saturated carbocycles. The quantitative estimate of drug-likeness (QED) is 0.600. The Morgan fingerprint density at radius 3 is 2.54 bits per heavy atom. The zero-order chi connectivity index (χ0) is 20.3. The number of amides is 1. The van der Waals surface area contributed by atoms with Crippen molar-refractivity contribution in [1.29, 1.82) is 0 Å². The van der Waals surface area contributed by atoms with Crippen LogP contribution >= 0.6 is 22.9 Å². The van der Waals surface area contributed by atoms with E-state index in [4.69, 9.17) is 11.6 Å². The number of hydrogen-bond donors (Lipinski definition) is 2. The van der Waals surface area contributed by atoms with Crippen molar-refractivity contribution in [1.82, 2.24) is 9.71 Å². The van der Waals surface area contributed by atoms with E-state index >= 15 is 0 Å². The van der Waals surface area contributed by atoms with Crippen LogP contribution in [0.1, 0.15) is 24.2 Å². The van der Waals surface area contributed by atoms with Gasteiger partial charge in [-0.1, -0.05) is 41.9 Å². The number of rotatable bonds is 6. The van der Waals surface area contributed by atoms with Gasteiger partial charge in [-0.15, -0.1) is 11.3 Å². The van der Waals surface area contributed by atoms with Crippen LogP contribution in [0.3, 0.4) is 0 Å². The molecule has 0 aliphatic rings. The number of carbonyl (C=O) groups is 1. The second kappa shape index (κ2) is 8.40. The van der Waals surface area contributed by atoms with E-state index in [0.29, 0.717) is 5.13 Å². The zero-order valence-electron chi connectivity index (χ0n) is 15.1. The lowest BCUT2D eigenvalue weighted by Crippen LogP contribution is -2.30. The van der Waals surface area contributed by atoms with E-state index in [2.05, 4.69) is 15.0 Å². The fourth-order valence-electron chi connectivity index (χ4n) is 2.46. The largest absolute Gasteiger partial charge is 0.298 e. The summed E-state index contributed by atoms with van der Waals surface area (Å²) in [5.74, 6) is -0.527. The van der Waals surface area contributed by atoms with Gasteiger partial charge < -0.3 is 0 Å². The summed E-state index contributed by atoms with van der Waals surface area (Å²) in [4.78, 5) is 17.0. The first-order valence-corrected chi connectivity index (χ1v) is 11.1. The second-order valence-electron chi connectivity index (χ2n) is 6.28. The Morgan fingerprint density at radius 2 is 1.86 bits per heavy atom. The van der Waals surface area contributed by atoms with Crippen molar-refractivity contribution in [2.75, 3.05) is 5.32 Å². The molecule has 0 fully saturated rings. The number of halogens is 1. The van der Waals surface area contributed by atoms with Gasteiger partial charge >= 0.3 is 0 Å². The maximum atomic E-state index is 12.6. The fraction of sp³-hybridized carbons (Fsp3) is 0.158. The van der Waals surface area contributed by atoms with Crippen molar-refractivity contribution in [3.05, 3.63) is 64.5 Å². The fourth-order valence-corrected chi connectivity index (χ4v) is 4.66. The number of benzene rings is 2. The van der Waals surface area contributed by atoms with E-state index in [1.54, 1.807) is 13.8 Å². The first kappa shape index (κ1) is 20.5. The SMILES string of the molecule is CC(C)NS(=O)(=O)c1ccc(Cl)c(C(=O)Nc2nc(-c3ccccc3)cs2)c1. The highest BCUT2D eigenvalue weighted by Crippen LogP contribution is 2.26. The molecule has 0 saturated heterocycles. The first-order valence-electron chi connectivity index (χ1n) is 8.40. The van der Waals surface area contributed by atoms with Crippen molar-refractivity contribution in [2.24, 2.45) is 0 Å². The molecule has 9 heteroatoms. The molecule has 1 aromatic heterocycles. The molecular formula is C19H18ClN3O3S2. The third-order valence-electron chi connectivity index (χ3n) is 3.68. The summed E-state index contributed by atoms with van der Waals surface area (Å²) >= 11 is 7.40. The number of thiazole rings is 1. The highest BCUT2D eigenvalue weighted by atomic mass is 35.5. The molecule has 1 amide bonds. The van der Waals surface area contributed by atoms with E-state index < -0.39 is 15.9 Å². The van der Waals surface area contributed by atoms with Crippen LogP contribution in [0.2, 0.25) is 5.02 Å². The molecule has 6 nitrogen and oxygen atoms in total. The summed E-state index contributed by atoms with van der Waals surface area (Å²) in [6.07, 6.45) is 0. The summed E-state index contributed by atoms with van der Waals surface area (Å²) in [6, 6.07) is 13.3. The van der Waals surface area contributed by atoms with E-state index in [1.165, 1.54) is 29.5 Å². The molecule has 0 unspecified atom stereocenters. The summed E-state index contributed by atoms with van der Waals surface area (Å²) in [5, 5.41) is 5.06. The molecule has 3 rings (SSSR count). The second-order valence-corrected chi connectivity index (χ2v) is 9.25. The number of carbonyl (C=O) groups excluding carboxylic acids is 1. The van der Waals surface area contributed by atoms with Crippen LogP contribution in [0.15, 0.2) is 58.8 Å². The van der Waals surface area contributed by atoms with Gasteiger partial charge in [0, 0.05) is 17.0 Å². The maximum Gasteiger partial charge on any atom is 0.259 e. The van der Waals surface area contributed by atoms with Crippen LogP contribution in [0, 0.1) is 0 Å². The predicted octanol–water partition coefficient (Wildman–Crippen LogP) is 4.40. The van der Waals surface area contributed by atoms with Gasteiger partial charge in [-0.25, -0.2) is 18.1 Å². The number of nitrogens with zero attached hydrogens (tertiary/aromatic N) is 1. The van der Waals surface area contributed by atoms with Crippen molar-refractivity contribution < 1.29 is 13.2 Å². The predicted molar refractivity (Wildman–Crippen MR) is 112 cm³/mol. The molecular weight excluding hydrogens is 418 g/mol. The molecule has 1 heterocycles. The third kappa shape index (κ3) is 4.77. The van der Waals surface area contributed by atoms with Crippen LogP contribution in [0.4, 0.5) is 5.13 Å². The third-order valence-corrected chi connectivity index (χ3v) is 6.42. The minimum atomic E-state index is -3.74. The average Bonchev–Trinajstić information content (AvgIpc) is 3.10. The number of sulfonamides is 1. The van der Waals surface area contributed by atoms with Crippen LogP contribution in [-0.2, 0) is 10.0 Å². The summed E-state index contributed by atoms with van der Waals surface area (Å²) < 4.78 is 27.2. The van der Waals surface area contributed by atoms with E-state index in [1.807, 2.05) is 35.7 Å². The van der Waals surface area contributed by atoms with Crippen molar-refractivity contribution in [2.45, 2.75) is 24.8 Å². The smallest absolute Gasteiger partial charge is 0.259 e. The van der Waals surface area contributed by atoms with E-state index in [-0.39, 0.29) is 21.5 Å². The number of aromatic nitrogens is 1. The Kier molecular flexibility index (Phi) is 6.14. The van der Waals surface area contributed by atoms with Gasteiger partial charge in [-0.3, -0.25) is 10.1 Å². The summed E-state index contributed by atoms with van der Waals surface area (Å²) in [7, 11) is -3.74. The molecule has 3 aromatic rings. The van der Waals surface area contributed by atoms with E-state index in [0.717, 1.165) is 11.3 Å². The van der Waals surface area contributed by atoms with Gasteiger partial charge in [0.05, 0.1) is 21.2 Å². The molecule has 28 heavy (non-hydrogen) atoms. The normalized spacial score (nSPS) is 11.6. The van der Waals surface area contributed by atoms with Gasteiger partial charge in [0.2, 0.25) is 10.0 Å². The number of hydrogen-bond acceptors (Lipinski definition) is 5. The Balaban J connectivity index is 1.83. The van der Waals surface area contributed by atoms with Gasteiger partial charge in [-0.2, -0.15) is 0 Å². The standard InChI is InChI=1S/C19H18ClN3O3S2/c1-12(2)23-28(25,26)14-8-9-16(20)15(10-14)18(24)22-19-21-17(11-27-19)13-6-4-3-5-7-13/h3-12,23H,1-2H3,(H,21,22,24). The Labute approximate surface area is 172 Å². The Morgan fingerprint density at radius 1 is 1.14 bits per heavy atom. The number of nitrogens with one attached hydrogen (secondary N) is 2. The zero-order valence-corrected chi connectivity index (χ0v) is 17.5.